The molecule has 0 radical (unpaired) electrons. The highest BCUT2D eigenvalue weighted by atomic mass is 16.4. The Morgan fingerprint density at radius 3 is 2.36 bits per heavy atom. The van der Waals surface area contributed by atoms with E-state index in [2.05, 4.69) is 5.32 Å². The van der Waals surface area contributed by atoms with Gasteiger partial charge in [-0.25, -0.2) is 0 Å². The van der Waals surface area contributed by atoms with E-state index >= 15 is 0 Å². The molecule has 2 unspecified atom stereocenters. The number of rotatable bonds is 5. The Bertz CT molecular complexity index is 224. The Balaban J connectivity index is 4.40. The monoisotopic (exact) mass is 202 g/mol. The third kappa shape index (κ3) is 2.99. The number of hydrogen-bond acceptors (Lipinski definition) is 3. The van der Waals surface area contributed by atoms with Crippen LogP contribution in [-0.4, -0.2) is 29.6 Å². The van der Waals surface area contributed by atoms with Gasteiger partial charge in [0, 0.05) is 6.54 Å². The highest BCUT2D eigenvalue weighted by molar-refractivity contribution is 5.87. The number of carboxylic acid groups (broad SMARTS) is 1. The first-order valence-electron chi connectivity index (χ1n) is 4.61. The number of aliphatic carboxylic acids is 1. The van der Waals surface area contributed by atoms with Gasteiger partial charge in [-0.05, 0) is 20.3 Å². The van der Waals surface area contributed by atoms with E-state index in [1.54, 1.807) is 6.92 Å². The molecule has 0 aromatic heterocycles. The van der Waals surface area contributed by atoms with Crippen molar-refractivity contribution in [2.75, 3.05) is 6.54 Å². The van der Waals surface area contributed by atoms with E-state index < -0.39 is 17.4 Å². The number of carboxylic acids is 1. The summed E-state index contributed by atoms with van der Waals surface area (Å²) in [5.74, 6) is -1.36. The van der Waals surface area contributed by atoms with Crippen LogP contribution in [-0.2, 0) is 9.59 Å². The van der Waals surface area contributed by atoms with Gasteiger partial charge in [-0.15, -0.1) is 0 Å². The largest absolute Gasteiger partial charge is 0.480 e. The molecule has 0 aliphatic heterocycles. The topological polar surface area (TPSA) is 92.4 Å². The molecule has 2 atom stereocenters. The van der Waals surface area contributed by atoms with Crippen LogP contribution in [0.1, 0.15) is 27.2 Å². The molecule has 0 aliphatic carbocycles. The summed E-state index contributed by atoms with van der Waals surface area (Å²) in [6, 6.07) is -0.875. The molecule has 0 heterocycles. The predicted octanol–water partition coefficient (Wildman–Crippen LogP) is -0.0493. The maximum atomic E-state index is 11.6. The van der Waals surface area contributed by atoms with E-state index in [0.29, 0.717) is 6.42 Å². The number of nitrogens with one attached hydrogen (secondary N) is 1. The van der Waals surface area contributed by atoms with Crippen molar-refractivity contribution < 1.29 is 14.7 Å². The summed E-state index contributed by atoms with van der Waals surface area (Å²) < 4.78 is 0. The molecular formula is C9H18N2O3. The van der Waals surface area contributed by atoms with Crippen LogP contribution >= 0.6 is 0 Å². The Labute approximate surface area is 83.7 Å². The average molecular weight is 202 g/mol. The summed E-state index contributed by atoms with van der Waals surface area (Å²) in [6.07, 6.45) is 0.585. The minimum Gasteiger partial charge on any atom is -0.480 e. The predicted molar refractivity (Wildman–Crippen MR) is 52.7 cm³/mol. The van der Waals surface area contributed by atoms with Crippen molar-refractivity contribution in [3.63, 3.8) is 0 Å². The molecule has 0 spiro atoms. The molecule has 4 N–H and O–H groups in total. The van der Waals surface area contributed by atoms with Crippen LogP contribution in [0.15, 0.2) is 0 Å². The van der Waals surface area contributed by atoms with E-state index in [4.69, 9.17) is 10.8 Å². The number of nitrogens with two attached hydrogens (primary N) is 1. The minimum absolute atomic E-state index is 0.210. The molecule has 0 saturated heterocycles. The lowest BCUT2D eigenvalue weighted by Crippen LogP contribution is -2.48. The Morgan fingerprint density at radius 2 is 2.07 bits per heavy atom. The van der Waals surface area contributed by atoms with Crippen LogP contribution in [0.5, 0.6) is 0 Å². The van der Waals surface area contributed by atoms with Crippen LogP contribution in [0.4, 0.5) is 0 Å². The van der Waals surface area contributed by atoms with Crippen molar-refractivity contribution in [3.05, 3.63) is 0 Å². The smallest absolute Gasteiger partial charge is 0.325 e. The van der Waals surface area contributed by atoms with Crippen LogP contribution in [0, 0.1) is 5.41 Å². The first-order valence-corrected chi connectivity index (χ1v) is 4.61. The highest BCUT2D eigenvalue weighted by Crippen LogP contribution is 2.19. The van der Waals surface area contributed by atoms with Gasteiger partial charge in [-0.1, -0.05) is 6.92 Å². The molecule has 0 aliphatic rings. The van der Waals surface area contributed by atoms with Crippen LogP contribution in [0.2, 0.25) is 0 Å². The lowest BCUT2D eigenvalue weighted by atomic mass is 9.86. The molecule has 82 valence electrons. The number of hydrogen-bond donors (Lipinski definition) is 3. The van der Waals surface area contributed by atoms with Gasteiger partial charge in [0.15, 0.2) is 0 Å². The molecule has 0 aromatic carbocycles. The van der Waals surface area contributed by atoms with Crippen LogP contribution in [0.3, 0.4) is 0 Å². The zero-order valence-electron chi connectivity index (χ0n) is 8.83. The fraction of sp³-hybridized carbons (Fsp3) is 0.778. The van der Waals surface area contributed by atoms with Crippen LogP contribution in [0.25, 0.3) is 0 Å². The van der Waals surface area contributed by atoms with Crippen molar-refractivity contribution in [1.29, 1.82) is 0 Å². The number of amides is 1. The van der Waals surface area contributed by atoms with Crippen molar-refractivity contribution >= 4 is 11.9 Å². The summed E-state index contributed by atoms with van der Waals surface area (Å²) in [5, 5.41) is 11.0. The van der Waals surface area contributed by atoms with E-state index in [9.17, 15) is 9.59 Å². The Morgan fingerprint density at radius 1 is 1.57 bits per heavy atom. The van der Waals surface area contributed by atoms with E-state index in [1.165, 1.54) is 6.92 Å². The van der Waals surface area contributed by atoms with Crippen molar-refractivity contribution in [2.24, 2.45) is 11.1 Å². The highest BCUT2D eigenvalue weighted by Gasteiger charge is 2.31. The maximum absolute atomic E-state index is 11.6. The molecule has 5 nitrogen and oxygen atoms in total. The van der Waals surface area contributed by atoms with Gasteiger partial charge in [0.1, 0.15) is 6.04 Å². The second kappa shape index (κ2) is 4.95. The van der Waals surface area contributed by atoms with Crippen molar-refractivity contribution in [1.82, 2.24) is 5.32 Å². The molecule has 14 heavy (non-hydrogen) atoms. The fourth-order valence-corrected chi connectivity index (χ4v) is 0.830. The summed E-state index contributed by atoms with van der Waals surface area (Å²) in [6.45, 7) is 5.20. The summed E-state index contributed by atoms with van der Waals surface area (Å²) >= 11 is 0. The Hall–Kier alpha value is -1.10. The first kappa shape index (κ1) is 12.9. The number of carbonyl (C=O) groups excluding carboxylic acids is 1. The third-order valence-corrected chi connectivity index (χ3v) is 2.50. The fourth-order valence-electron chi connectivity index (χ4n) is 0.830. The van der Waals surface area contributed by atoms with Crippen molar-refractivity contribution in [3.8, 4) is 0 Å². The Kier molecular flexibility index (Phi) is 4.56. The maximum Gasteiger partial charge on any atom is 0.325 e. The zero-order chi connectivity index (χ0) is 11.4. The molecule has 0 aromatic rings. The average Bonchev–Trinajstić information content (AvgIpc) is 2.16. The van der Waals surface area contributed by atoms with E-state index in [-0.39, 0.29) is 12.5 Å². The molecule has 5 heteroatoms. The summed E-state index contributed by atoms with van der Waals surface area (Å²) in [7, 11) is 0. The van der Waals surface area contributed by atoms with Gasteiger partial charge in [0.25, 0.3) is 0 Å². The van der Waals surface area contributed by atoms with Gasteiger partial charge in [0.05, 0.1) is 5.41 Å². The normalized spacial score (nSPS) is 16.9. The van der Waals surface area contributed by atoms with Gasteiger partial charge < -0.3 is 16.2 Å². The van der Waals surface area contributed by atoms with E-state index in [0.717, 1.165) is 0 Å². The summed E-state index contributed by atoms with van der Waals surface area (Å²) in [4.78, 5) is 22.1. The SMILES string of the molecule is CCC(C)(CN)C(=O)NC(C)C(=O)O. The third-order valence-electron chi connectivity index (χ3n) is 2.50. The first-order chi connectivity index (χ1) is 6.37. The zero-order valence-corrected chi connectivity index (χ0v) is 8.83. The lowest BCUT2D eigenvalue weighted by Gasteiger charge is -2.26. The van der Waals surface area contributed by atoms with Gasteiger partial charge in [0.2, 0.25) is 5.91 Å². The summed E-state index contributed by atoms with van der Waals surface area (Å²) in [5.41, 5.74) is 4.79. The quantitative estimate of drug-likeness (QED) is 0.582. The molecule has 0 rings (SSSR count). The minimum atomic E-state index is -1.05. The van der Waals surface area contributed by atoms with Gasteiger partial charge in [-0.2, -0.15) is 0 Å². The molecule has 0 bridgehead atoms. The second-order valence-electron chi connectivity index (χ2n) is 3.65. The van der Waals surface area contributed by atoms with E-state index in [1.807, 2.05) is 6.92 Å². The number of carbonyl (C=O) groups is 2. The van der Waals surface area contributed by atoms with Crippen LogP contribution < -0.4 is 11.1 Å². The molecule has 0 fully saturated rings. The molecular weight excluding hydrogens is 184 g/mol. The van der Waals surface area contributed by atoms with Gasteiger partial charge in [-0.3, -0.25) is 9.59 Å². The second-order valence-corrected chi connectivity index (χ2v) is 3.65. The van der Waals surface area contributed by atoms with Crippen molar-refractivity contribution in [2.45, 2.75) is 33.2 Å². The lowest BCUT2D eigenvalue weighted by molar-refractivity contribution is -0.143. The van der Waals surface area contributed by atoms with Gasteiger partial charge >= 0.3 is 5.97 Å². The molecule has 1 amide bonds. The standard InChI is InChI=1S/C9H18N2O3/c1-4-9(3,5-10)8(14)11-6(2)7(12)13/h6H,4-5,10H2,1-3H3,(H,11,14)(H,12,13). The molecule has 0 saturated carbocycles.